The second kappa shape index (κ2) is 6.69. The standard InChI is InChI=1S/C13H17ClN4O2/c1-18(8-12-16-13(6-15)20-17-12)7-9-5-10(14)3-4-11(9)19-2/h3-5H,6-8,15H2,1-2H3. The molecule has 0 fully saturated rings. The zero-order valence-electron chi connectivity index (χ0n) is 11.5. The Kier molecular flexibility index (Phi) is 4.94. The third kappa shape index (κ3) is 3.69. The highest BCUT2D eigenvalue weighted by atomic mass is 35.5. The van der Waals surface area contributed by atoms with E-state index in [-0.39, 0.29) is 6.54 Å². The molecule has 6 nitrogen and oxygen atoms in total. The van der Waals surface area contributed by atoms with Gasteiger partial charge in [-0.2, -0.15) is 4.98 Å². The van der Waals surface area contributed by atoms with Gasteiger partial charge in [0.15, 0.2) is 5.82 Å². The maximum atomic E-state index is 6.01. The lowest BCUT2D eigenvalue weighted by Crippen LogP contribution is -2.18. The summed E-state index contributed by atoms with van der Waals surface area (Å²) in [4.78, 5) is 6.21. The lowest BCUT2D eigenvalue weighted by Gasteiger charge is -2.16. The van der Waals surface area contributed by atoms with E-state index in [1.807, 2.05) is 24.1 Å². The van der Waals surface area contributed by atoms with Crippen molar-refractivity contribution in [3.8, 4) is 5.75 Å². The van der Waals surface area contributed by atoms with Crippen LogP contribution in [-0.2, 0) is 19.6 Å². The fraction of sp³-hybridized carbons (Fsp3) is 0.385. The van der Waals surface area contributed by atoms with Crippen LogP contribution in [0.2, 0.25) is 5.02 Å². The molecule has 1 aromatic carbocycles. The fourth-order valence-corrected chi connectivity index (χ4v) is 2.09. The summed E-state index contributed by atoms with van der Waals surface area (Å²) in [6.07, 6.45) is 0. The van der Waals surface area contributed by atoms with E-state index in [4.69, 9.17) is 26.6 Å². The van der Waals surface area contributed by atoms with Crippen LogP contribution >= 0.6 is 11.6 Å². The third-order valence-corrected chi connectivity index (χ3v) is 3.01. The molecule has 7 heteroatoms. The topological polar surface area (TPSA) is 77.4 Å². The zero-order chi connectivity index (χ0) is 14.5. The summed E-state index contributed by atoms with van der Waals surface area (Å²) >= 11 is 6.01. The van der Waals surface area contributed by atoms with Crippen LogP contribution in [0.25, 0.3) is 0 Å². The number of nitrogens with two attached hydrogens (primary N) is 1. The maximum Gasteiger partial charge on any atom is 0.240 e. The van der Waals surface area contributed by atoms with Gasteiger partial charge in [-0.05, 0) is 25.2 Å². The van der Waals surface area contributed by atoms with Crippen molar-refractivity contribution in [1.29, 1.82) is 0 Å². The van der Waals surface area contributed by atoms with Gasteiger partial charge in [-0.15, -0.1) is 0 Å². The molecule has 0 aliphatic rings. The molecule has 0 spiro atoms. The predicted molar refractivity (Wildman–Crippen MR) is 75.4 cm³/mol. The number of halogens is 1. The Morgan fingerprint density at radius 3 is 2.85 bits per heavy atom. The Morgan fingerprint density at radius 2 is 2.20 bits per heavy atom. The molecule has 0 radical (unpaired) electrons. The number of rotatable bonds is 6. The molecule has 0 bridgehead atoms. The first-order valence-corrected chi connectivity index (χ1v) is 6.52. The van der Waals surface area contributed by atoms with Gasteiger partial charge in [0, 0.05) is 17.1 Å². The van der Waals surface area contributed by atoms with Crippen LogP contribution in [0.1, 0.15) is 17.3 Å². The molecule has 0 atom stereocenters. The Morgan fingerprint density at radius 1 is 1.40 bits per heavy atom. The number of ether oxygens (including phenoxy) is 1. The van der Waals surface area contributed by atoms with Crippen molar-refractivity contribution in [3.63, 3.8) is 0 Å². The number of hydrogen-bond acceptors (Lipinski definition) is 6. The molecule has 108 valence electrons. The SMILES string of the molecule is COc1ccc(Cl)cc1CN(C)Cc1noc(CN)n1. The highest BCUT2D eigenvalue weighted by Gasteiger charge is 2.11. The Bertz CT molecular complexity index is 573. The van der Waals surface area contributed by atoms with Crippen molar-refractivity contribution in [2.45, 2.75) is 19.6 Å². The lowest BCUT2D eigenvalue weighted by molar-refractivity contribution is 0.293. The molecule has 1 aromatic heterocycles. The quantitative estimate of drug-likeness (QED) is 0.876. The van der Waals surface area contributed by atoms with Crippen LogP contribution in [0.3, 0.4) is 0 Å². The molecule has 2 rings (SSSR count). The van der Waals surface area contributed by atoms with E-state index >= 15 is 0 Å². The summed E-state index contributed by atoms with van der Waals surface area (Å²) in [5, 5.41) is 4.54. The van der Waals surface area contributed by atoms with Gasteiger partial charge in [0.25, 0.3) is 0 Å². The van der Waals surface area contributed by atoms with E-state index in [2.05, 4.69) is 10.1 Å². The number of aromatic nitrogens is 2. The minimum absolute atomic E-state index is 0.249. The molecule has 0 amide bonds. The largest absolute Gasteiger partial charge is 0.496 e. The van der Waals surface area contributed by atoms with Gasteiger partial charge in [-0.3, -0.25) is 4.90 Å². The molecule has 0 saturated heterocycles. The summed E-state index contributed by atoms with van der Waals surface area (Å²) < 4.78 is 10.3. The van der Waals surface area contributed by atoms with Gasteiger partial charge >= 0.3 is 0 Å². The van der Waals surface area contributed by atoms with Crippen LogP contribution in [0.5, 0.6) is 5.75 Å². The van der Waals surface area contributed by atoms with Crippen molar-refractivity contribution in [2.75, 3.05) is 14.2 Å². The van der Waals surface area contributed by atoms with E-state index in [1.54, 1.807) is 13.2 Å². The Balaban J connectivity index is 2.03. The minimum atomic E-state index is 0.249. The molecule has 2 N–H and O–H groups in total. The van der Waals surface area contributed by atoms with E-state index in [0.717, 1.165) is 11.3 Å². The highest BCUT2D eigenvalue weighted by molar-refractivity contribution is 6.30. The van der Waals surface area contributed by atoms with Crippen LogP contribution < -0.4 is 10.5 Å². The first-order chi connectivity index (χ1) is 9.62. The Labute approximate surface area is 122 Å². The summed E-state index contributed by atoms with van der Waals surface area (Å²) in [6, 6.07) is 5.54. The summed E-state index contributed by atoms with van der Waals surface area (Å²) in [7, 11) is 3.60. The van der Waals surface area contributed by atoms with Gasteiger partial charge in [-0.1, -0.05) is 16.8 Å². The van der Waals surface area contributed by atoms with Crippen LogP contribution in [0.15, 0.2) is 22.7 Å². The van der Waals surface area contributed by atoms with Crippen molar-refractivity contribution in [2.24, 2.45) is 5.73 Å². The second-order valence-corrected chi connectivity index (χ2v) is 4.87. The predicted octanol–water partition coefficient (Wildman–Crippen LogP) is 1.82. The lowest BCUT2D eigenvalue weighted by atomic mass is 10.2. The van der Waals surface area contributed by atoms with Gasteiger partial charge in [0.2, 0.25) is 5.89 Å². The smallest absolute Gasteiger partial charge is 0.240 e. The second-order valence-electron chi connectivity index (χ2n) is 4.44. The van der Waals surface area contributed by atoms with Crippen LogP contribution in [0, 0.1) is 0 Å². The molecule has 0 aliphatic carbocycles. The maximum absolute atomic E-state index is 6.01. The first-order valence-electron chi connectivity index (χ1n) is 6.15. The average molecular weight is 297 g/mol. The first kappa shape index (κ1) is 14.8. The summed E-state index contributed by atoms with van der Waals surface area (Å²) in [6.45, 7) is 1.47. The van der Waals surface area contributed by atoms with E-state index in [0.29, 0.717) is 29.8 Å². The monoisotopic (exact) mass is 296 g/mol. The zero-order valence-corrected chi connectivity index (χ0v) is 12.2. The molecule has 0 unspecified atom stereocenters. The Hall–Kier alpha value is -1.63. The van der Waals surface area contributed by atoms with Gasteiger partial charge in [0.1, 0.15) is 5.75 Å². The van der Waals surface area contributed by atoms with Gasteiger partial charge < -0.3 is 15.0 Å². The molecule has 2 aromatic rings. The highest BCUT2D eigenvalue weighted by Crippen LogP contribution is 2.24. The molecule has 20 heavy (non-hydrogen) atoms. The van der Waals surface area contributed by atoms with Gasteiger partial charge in [0.05, 0.1) is 20.2 Å². The van der Waals surface area contributed by atoms with E-state index in [9.17, 15) is 0 Å². The summed E-state index contributed by atoms with van der Waals surface area (Å²) in [5.74, 6) is 1.85. The van der Waals surface area contributed by atoms with E-state index < -0.39 is 0 Å². The fourth-order valence-electron chi connectivity index (χ4n) is 1.90. The van der Waals surface area contributed by atoms with Crippen molar-refractivity contribution in [1.82, 2.24) is 15.0 Å². The summed E-state index contributed by atoms with van der Waals surface area (Å²) in [5.41, 5.74) is 6.44. The van der Waals surface area contributed by atoms with Crippen molar-refractivity contribution in [3.05, 3.63) is 40.5 Å². The minimum Gasteiger partial charge on any atom is -0.496 e. The van der Waals surface area contributed by atoms with Crippen LogP contribution in [0.4, 0.5) is 0 Å². The van der Waals surface area contributed by atoms with Crippen LogP contribution in [-0.4, -0.2) is 29.2 Å². The molecule has 1 heterocycles. The molecule has 0 saturated carbocycles. The number of benzene rings is 1. The molecular formula is C13H17ClN4O2. The van der Waals surface area contributed by atoms with Crippen molar-refractivity contribution < 1.29 is 9.26 Å². The number of hydrogen-bond donors (Lipinski definition) is 1. The number of nitrogens with zero attached hydrogens (tertiary/aromatic N) is 3. The van der Waals surface area contributed by atoms with E-state index in [1.165, 1.54) is 0 Å². The third-order valence-electron chi connectivity index (χ3n) is 2.78. The molecule has 0 aliphatic heterocycles. The normalized spacial score (nSPS) is 11.1. The number of methoxy groups -OCH3 is 1. The van der Waals surface area contributed by atoms with Gasteiger partial charge in [-0.25, -0.2) is 0 Å². The molecular weight excluding hydrogens is 280 g/mol. The van der Waals surface area contributed by atoms with Crippen molar-refractivity contribution >= 4 is 11.6 Å². The average Bonchev–Trinajstić information content (AvgIpc) is 2.86.